The van der Waals surface area contributed by atoms with Crippen molar-refractivity contribution >= 4 is 21.7 Å². The van der Waals surface area contributed by atoms with Crippen molar-refractivity contribution in [3.05, 3.63) is 83.9 Å². The lowest BCUT2D eigenvalue weighted by Gasteiger charge is -2.31. The monoisotopic (exact) mass is 604 g/mol. The van der Waals surface area contributed by atoms with Crippen LogP contribution in [0.5, 0.6) is 11.5 Å². The van der Waals surface area contributed by atoms with Crippen LogP contribution in [0, 0.1) is 17.6 Å². The Kier molecular flexibility index (Phi) is 10.7. The minimum absolute atomic E-state index is 0.000285. The number of phenols is 1. The van der Waals surface area contributed by atoms with E-state index in [1.165, 1.54) is 40.7 Å². The molecule has 0 aliphatic carbocycles. The second-order valence-corrected chi connectivity index (χ2v) is 12.0. The number of hydrogen-bond acceptors (Lipinski definition) is 7. The zero-order chi connectivity index (χ0) is 30.1. The average Bonchev–Trinajstić information content (AvgIpc) is 2.98. The molecule has 2 amide bonds. The lowest BCUT2D eigenvalue weighted by atomic mass is 9.98. The fraction of sp³-hybridized carbons (Fsp3) is 0.345. The minimum Gasteiger partial charge on any atom is -0.508 e. The van der Waals surface area contributed by atoms with Crippen LogP contribution >= 0.6 is 0 Å². The van der Waals surface area contributed by atoms with Gasteiger partial charge in [-0.25, -0.2) is 22.0 Å². The van der Waals surface area contributed by atoms with Crippen LogP contribution in [0.1, 0.15) is 18.4 Å². The van der Waals surface area contributed by atoms with Crippen LogP contribution in [-0.4, -0.2) is 67.9 Å². The van der Waals surface area contributed by atoms with Gasteiger partial charge in [0.1, 0.15) is 35.8 Å². The van der Waals surface area contributed by atoms with Gasteiger partial charge >= 0.3 is 6.03 Å². The number of rotatable bonds is 12. The molecule has 1 atom stereocenters. The first-order chi connectivity index (χ1) is 20.1. The van der Waals surface area contributed by atoms with Gasteiger partial charge in [-0.1, -0.05) is 0 Å². The van der Waals surface area contributed by atoms with Crippen molar-refractivity contribution in [1.82, 2.24) is 14.9 Å². The Morgan fingerprint density at radius 1 is 1.02 bits per heavy atom. The maximum absolute atomic E-state index is 13.7. The van der Waals surface area contributed by atoms with E-state index in [0.717, 1.165) is 18.2 Å². The molecule has 5 N–H and O–H groups in total. The van der Waals surface area contributed by atoms with Gasteiger partial charge in [-0.2, -0.15) is 4.31 Å². The Morgan fingerprint density at radius 2 is 1.71 bits per heavy atom. The molecule has 4 rings (SSSR count). The van der Waals surface area contributed by atoms with E-state index in [2.05, 4.69) is 16.0 Å². The molecule has 10 nitrogen and oxygen atoms in total. The molecular formula is C29H34F2N4O6S. The number of halogens is 2. The number of nitrogens with zero attached hydrogens (tertiary/aromatic N) is 1. The van der Waals surface area contributed by atoms with Gasteiger partial charge < -0.3 is 30.9 Å². The van der Waals surface area contributed by atoms with Gasteiger partial charge in [0.25, 0.3) is 0 Å². The molecule has 3 aromatic carbocycles. The van der Waals surface area contributed by atoms with Gasteiger partial charge in [-0.3, -0.25) is 0 Å². The Labute approximate surface area is 243 Å². The average molecular weight is 605 g/mol. The fourth-order valence-electron chi connectivity index (χ4n) is 4.49. The number of aromatic hydroxyl groups is 1. The van der Waals surface area contributed by atoms with Crippen molar-refractivity contribution in [2.75, 3.05) is 38.1 Å². The van der Waals surface area contributed by atoms with Crippen molar-refractivity contribution in [2.45, 2.75) is 30.4 Å². The molecule has 42 heavy (non-hydrogen) atoms. The van der Waals surface area contributed by atoms with E-state index in [1.807, 2.05) is 0 Å². The Morgan fingerprint density at radius 3 is 2.40 bits per heavy atom. The van der Waals surface area contributed by atoms with E-state index < -0.39 is 33.8 Å². The number of carbonyl (C=O) groups is 1. The first-order valence-electron chi connectivity index (χ1n) is 13.5. The van der Waals surface area contributed by atoms with E-state index >= 15 is 0 Å². The molecule has 1 heterocycles. The highest BCUT2D eigenvalue weighted by Gasteiger charge is 2.29. The summed E-state index contributed by atoms with van der Waals surface area (Å²) in [5.74, 6) is -0.314. The number of urea groups is 1. The topological polar surface area (TPSA) is 140 Å². The van der Waals surface area contributed by atoms with Gasteiger partial charge in [0.15, 0.2) is 0 Å². The van der Waals surface area contributed by atoms with Crippen molar-refractivity contribution in [3.8, 4) is 11.5 Å². The quantitative estimate of drug-likeness (QED) is 0.213. The lowest BCUT2D eigenvalue weighted by Crippen LogP contribution is -2.42. The summed E-state index contributed by atoms with van der Waals surface area (Å²) in [7, 11) is -3.72. The molecule has 1 aliphatic rings. The van der Waals surface area contributed by atoms with Crippen molar-refractivity contribution < 1.29 is 36.9 Å². The van der Waals surface area contributed by atoms with E-state index in [1.54, 1.807) is 12.1 Å². The van der Waals surface area contributed by atoms with Gasteiger partial charge in [-0.05, 0) is 92.0 Å². The Hall–Kier alpha value is -3.78. The second-order valence-electron chi connectivity index (χ2n) is 10.0. The van der Waals surface area contributed by atoms with E-state index in [9.17, 15) is 32.2 Å². The molecule has 13 heteroatoms. The third-order valence-corrected chi connectivity index (χ3v) is 8.78. The summed E-state index contributed by atoms with van der Waals surface area (Å²) in [5, 5.41) is 27.6. The number of nitrogens with one attached hydrogen (secondary N) is 3. The summed E-state index contributed by atoms with van der Waals surface area (Å²) in [6.45, 7) is 1.57. The number of amides is 2. The van der Waals surface area contributed by atoms with E-state index in [4.69, 9.17) is 4.74 Å². The predicted octanol–water partition coefficient (Wildman–Crippen LogP) is 3.42. The molecule has 0 saturated carbocycles. The molecule has 0 bridgehead atoms. The van der Waals surface area contributed by atoms with Crippen LogP contribution in [0.4, 0.5) is 19.3 Å². The number of benzene rings is 3. The third kappa shape index (κ3) is 8.86. The molecule has 1 saturated heterocycles. The minimum atomic E-state index is -3.72. The summed E-state index contributed by atoms with van der Waals surface area (Å²) in [5.41, 5.74) is 0.340. The highest BCUT2D eigenvalue weighted by molar-refractivity contribution is 7.89. The first kappa shape index (κ1) is 31.2. The maximum atomic E-state index is 13.7. The summed E-state index contributed by atoms with van der Waals surface area (Å²) >= 11 is 0. The first-order valence-corrected chi connectivity index (χ1v) is 14.9. The maximum Gasteiger partial charge on any atom is 0.319 e. The zero-order valence-corrected chi connectivity index (χ0v) is 23.6. The summed E-state index contributed by atoms with van der Waals surface area (Å²) in [6.07, 6.45) is 0.607. The number of sulfonamides is 1. The van der Waals surface area contributed by atoms with Crippen molar-refractivity contribution in [3.63, 3.8) is 0 Å². The highest BCUT2D eigenvalue weighted by atomic mass is 32.2. The van der Waals surface area contributed by atoms with Crippen molar-refractivity contribution in [1.29, 1.82) is 0 Å². The van der Waals surface area contributed by atoms with Crippen LogP contribution in [0.2, 0.25) is 0 Å². The molecule has 1 fully saturated rings. The summed E-state index contributed by atoms with van der Waals surface area (Å²) in [6, 6.07) is 14.3. The molecule has 0 unspecified atom stereocenters. The van der Waals surface area contributed by atoms with E-state index in [-0.39, 0.29) is 35.3 Å². The van der Waals surface area contributed by atoms with Gasteiger partial charge in [0, 0.05) is 37.4 Å². The van der Waals surface area contributed by atoms with Crippen LogP contribution in [-0.2, 0) is 16.6 Å². The SMILES string of the molecule is O=C(NCc1cc(F)ccc1F)Nc1ccc(S(=O)(=O)N2CCC(CNC[C@H](O)COc3ccc(O)cc3)CC2)cc1. The second kappa shape index (κ2) is 14.4. The van der Waals surface area contributed by atoms with Crippen LogP contribution in [0.15, 0.2) is 71.6 Å². The molecule has 0 aromatic heterocycles. The smallest absolute Gasteiger partial charge is 0.319 e. The normalized spacial score (nSPS) is 15.2. The van der Waals surface area contributed by atoms with Crippen LogP contribution in [0.3, 0.4) is 0 Å². The lowest BCUT2D eigenvalue weighted by molar-refractivity contribution is 0.104. The highest BCUT2D eigenvalue weighted by Crippen LogP contribution is 2.24. The number of anilines is 1. The number of ether oxygens (including phenoxy) is 1. The van der Waals surface area contributed by atoms with Gasteiger partial charge in [0.2, 0.25) is 10.0 Å². The van der Waals surface area contributed by atoms with Gasteiger partial charge in [0.05, 0.1) is 4.90 Å². The third-order valence-electron chi connectivity index (χ3n) is 6.86. The largest absolute Gasteiger partial charge is 0.508 e. The molecule has 226 valence electrons. The molecule has 0 spiro atoms. The predicted molar refractivity (Wildman–Crippen MR) is 153 cm³/mol. The molecular weight excluding hydrogens is 570 g/mol. The summed E-state index contributed by atoms with van der Waals surface area (Å²) < 4.78 is 60.2. The molecule has 1 aliphatic heterocycles. The Balaban J connectivity index is 1.17. The standard InChI is InChI=1S/C29H34F2N4O6S/c30-22-1-10-28(31)21(15-22)17-33-29(38)34-23-2-8-27(9-3-23)42(39,40)35-13-11-20(12-14-35)16-32-18-25(37)19-41-26-6-4-24(36)5-7-26/h1-10,15,20,25,32,36-37H,11-14,16-19H2,(H2,33,34,38)/t25-/m0/s1. The molecule has 3 aromatic rings. The van der Waals surface area contributed by atoms with Gasteiger partial charge in [-0.15, -0.1) is 0 Å². The number of piperidine rings is 1. The van der Waals surface area contributed by atoms with Crippen molar-refractivity contribution in [2.24, 2.45) is 5.92 Å². The van der Waals surface area contributed by atoms with Crippen LogP contribution in [0.25, 0.3) is 0 Å². The molecule has 0 radical (unpaired) electrons. The number of hydrogen-bond donors (Lipinski definition) is 5. The van der Waals surface area contributed by atoms with E-state index in [0.29, 0.717) is 50.5 Å². The number of aliphatic hydroxyl groups excluding tert-OH is 1. The number of phenolic OH excluding ortho intramolecular Hbond substituents is 1. The zero-order valence-electron chi connectivity index (χ0n) is 22.8. The number of aliphatic hydroxyl groups is 1. The fourth-order valence-corrected chi connectivity index (χ4v) is 5.96. The van der Waals surface area contributed by atoms with Crippen LogP contribution < -0.4 is 20.7 Å². The number of carbonyl (C=O) groups excluding carboxylic acids is 1. The summed E-state index contributed by atoms with van der Waals surface area (Å²) in [4.78, 5) is 12.3. The Bertz CT molecular complexity index is 1430.